The van der Waals surface area contributed by atoms with E-state index >= 15 is 0 Å². The number of hydrogen-bond acceptors (Lipinski definition) is 4. The van der Waals surface area contributed by atoms with Crippen LogP contribution in [0.15, 0.2) is 18.2 Å². The minimum absolute atomic E-state index is 0.190. The predicted molar refractivity (Wildman–Crippen MR) is 61.8 cm³/mol. The van der Waals surface area contributed by atoms with Crippen molar-refractivity contribution in [1.29, 1.82) is 0 Å². The van der Waals surface area contributed by atoms with Crippen molar-refractivity contribution in [1.82, 2.24) is 4.90 Å². The van der Waals surface area contributed by atoms with Crippen LogP contribution in [0.5, 0.6) is 0 Å². The van der Waals surface area contributed by atoms with Gasteiger partial charge in [0, 0.05) is 25.2 Å². The van der Waals surface area contributed by atoms with Gasteiger partial charge >= 0.3 is 0 Å². The monoisotopic (exact) mass is 234 g/mol. The highest BCUT2D eigenvalue weighted by molar-refractivity contribution is 5.41. The summed E-state index contributed by atoms with van der Waals surface area (Å²) < 4.78 is 5.19. The summed E-state index contributed by atoms with van der Waals surface area (Å²) in [5.41, 5.74) is 2.53. The van der Waals surface area contributed by atoms with Gasteiger partial charge < -0.3 is 4.74 Å². The summed E-state index contributed by atoms with van der Waals surface area (Å²) in [6.45, 7) is 3.43. The lowest BCUT2D eigenvalue weighted by molar-refractivity contribution is -0.385. The van der Waals surface area contributed by atoms with Gasteiger partial charge in [0.15, 0.2) is 0 Å². The lowest BCUT2D eigenvalue weighted by atomic mass is 9.97. The zero-order chi connectivity index (χ0) is 11.8. The Balaban J connectivity index is 1.83. The third-order valence-corrected chi connectivity index (χ3v) is 3.58. The van der Waals surface area contributed by atoms with Crippen LogP contribution in [-0.4, -0.2) is 35.6 Å². The van der Waals surface area contributed by atoms with Crippen LogP contribution in [0.25, 0.3) is 0 Å². The van der Waals surface area contributed by atoms with Crippen molar-refractivity contribution in [2.75, 3.05) is 19.8 Å². The number of fused-ring (bicyclic) bond motifs is 1. The van der Waals surface area contributed by atoms with E-state index < -0.39 is 0 Å². The van der Waals surface area contributed by atoms with Crippen LogP contribution in [0, 0.1) is 10.1 Å². The van der Waals surface area contributed by atoms with E-state index in [9.17, 15) is 10.1 Å². The Morgan fingerprint density at radius 3 is 2.82 bits per heavy atom. The number of hydrogen-bond donors (Lipinski definition) is 0. The molecule has 0 bridgehead atoms. The Hall–Kier alpha value is -1.46. The van der Waals surface area contributed by atoms with Gasteiger partial charge in [0.1, 0.15) is 0 Å². The molecule has 0 aliphatic carbocycles. The quantitative estimate of drug-likeness (QED) is 0.572. The molecule has 2 aliphatic heterocycles. The molecular formula is C12H14N2O3. The molecule has 17 heavy (non-hydrogen) atoms. The fraction of sp³-hybridized carbons (Fsp3) is 0.500. The Labute approximate surface area is 99.1 Å². The Kier molecular flexibility index (Phi) is 2.57. The topological polar surface area (TPSA) is 55.6 Å². The number of ether oxygens (including phenoxy) is 1. The molecule has 1 aromatic carbocycles. The van der Waals surface area contributed by atoms with E-state index in [-0.39, 0.29) is 10.6 Å². The molecule has 0 unspecified atom stereocenters. The summed E-state index contributed by atoms with van der Waals surface area (Å²) >= 11 is 0. The largest absolute Gasteiger partial charge is 0.378 e. The number of rotatable bonds is 2. The van der Waals surface area contributed by atoms with Crippen LogP contribution in [0.3, 0.4) is 0 Å². The third-order valence-electron chi connectivity index (χ3n) is 3.58. The summed E-state index contributed by atoms with van der Waals surface area (Å²) in [4.78, 5) is 12.8. The Morgan fingerprint density at radius 2 is 2.18 bits per heavy atom. The highest BCUT2D eigenvalue weighted by Crippen LogP contribution is 2.26. The van der Waals surface area contributed by atoms with Crippen LogP contribution in [-0.2, 0) is 17.7 Å². The lowest BCUT2D eigenvalue weighted by Gasteiger charge is -2.39. The first-order valence-corrected chi connectivity index (χ1v) is 5.82. The Morgan fingerprint density at radius 1 is 1.35 bits per heavy atom. The molecule has 1 aromatic rings. The summed E-state index contributed by atoms with van der Waals surface area (Å²) in [7, 11) is 0. The highest BCUT2D eigenvalue weighted by Gasteiger charge is 2.29. The lowest BCUT2D eigenvalue weighted by Crippen LogP contribution is -2.50. The van der Waals surface area contributed by atoms with Gasteiger partial charge in [0.25, 0.3) is 5.69 Å². The van der Waals surface area contributed by atoms with Gasteiger partial charge in [-0.2, -0.15) is 0 Å². The SMILES string of the molecule is O=[N+]([O-])c1ccc2c(c1)CN(C1COC1)CC2. The maximum absolute atomic E-state index is 10.7. The van der Waals surface area contributed by atoms with Crippen molar-refractivity contribution in [3.05, 3.63) is 39.4 Å². The van der Waals surface area contributed by atoms with E-state index in [4.69, 9.17) is 4.74 Å². The van der Waals surface area contributed by atoms with Crippen molar-refractivity contribution in [2.24, 2.45) is 0 Å². The fourth-order valence-corrected chi connectivity index (χ4v) is 2.42. The van der Waals surface area contributed by atoms with Crippen LogP contribution >= 0.6 is 0 Å². The van der Waals surface area contributed by atoms with Crippen LogP contribution in [0.4, 0.5) is 5.69 Å². The third kappa shape index (κ3) is 1.92. The van der Waals surface area contributed by atoms with E-state index in [0.717, 1.165) is 38.3 Å². The van der Waals surface area contributed by atoms with Crippen molar-refractivity contribution in [2.45, 2.75) is 19.0 Å². The molecule has 0 N–H and O–H groups in total. The van der Waals surface area contributed by atoms with E-state index in [2.05, 4.69) is 4.90 Å². The van der Waals surface area contributed by atoms with Gasteiger partial charge in [0.2, 0.25) is 0 Å². The summed E-state index contributed by atoms with van der Waals surface area (Å²) in [5.74, 6) is 0. The molecule has 2 heterocycles. The fourth-order valence-electron chi connectivity index (χ4n) is 2.42. The van der Waals surface area contributed by atoms with Gasteiger partial charge in [0.05, 0.1) is 24.2 Å². The molecule has 0 aromatic heterocycles. The average molecular weight is 234 g/mol. The molecule has 0 radical (unpaired) electrons. The van der Waals surface area contributed by atoms with Crippen LogP contribution < -0.4 is 0 Å². The van der Waals surface area contributed by atoms with Crippen molar-refractivity contribution >= 4 is 5.69 Å². The molecule has 3 rings (SSSR count). The second kappa shape index (κ2) is 4.09. The van der Waals surface area contributed by atoms with Gasteiger partial charge in [-0.25, -0.2) is 0 Å². The van der Waals surface area contributed by atoms with Crippen LogP contribution in [0.2, 0.25) is 0 Å². The van der Waals surface area contributed by atoms with Gasteiger partial charge in [-0.1, -0.05) is 6.07 Å². The average Bonchev–Trinajstić information content (AvgIpc) is 2.25. The first-order valence-electron chi connectivity index (χ1n) is 5.82. The number of benzene rings is 1. The van der Waals surface area contributed by atoms with E-state index in [1.807, 2.05) is 6.07 Å². The second-order valence-corrected chi connectivity index (χ2v) is 4.62. The first kappa shape index (κ1) is 10.7. The van der Waals surface area contributed by atoms with Gasteiger partial charge in [-0.15, -0.1) is 0 Å². The molecule has 0 atom stereocenters. The van der Waals surface area contributed by atoms with E-state index in [1.54, 1.807) is 12.1 Å². The summed E-state index contributed by atoms with van der Waals surface area (Å²) in [6, 6.07) is 5.70. The molecule has 0 saturated carbocycles. The minimum atomic E-state index is -0.328. The maximum atomic E-state index is 10.7. The van der Waals surface area contributed by atoms with Crippen molar-refractivity contribution in [3.8, 4) is 0 Å². The molecule has 1 saturated heterocycles. The molecule has 5 nitrogen and oxygen atoms in total. The summed E-state index contributed by atoms with van der Waals surface area (Å²) in [6.07, 6.45) is 0.976. The Bertz CT molecular complexity index is 457. The van der Waals surface area contributed by atoms with Crippen molar-refractivity contribution in [3.63, 3.8) is 0 Å². The minimum Gasteiger partial charge on any atom is -0.378 e. The number of non-ortho nitro benzene ring substituents is 1. The maximum Gasteiger partial charge on any atom is 0.269 e. The molecule has 5 heteroatoms. The number of nitro groups is 1. The normalized spacial score (nSPS) is 20.7. The zero-order valence-electron chi connectivity index (χ0n) is 9.46. The molecule has 1 fully saturated rings. The predicted octanol–water partition coefficient (Wildman–Crippen LogP) is 1.35. The zero-order valence-corrected chi connectivity index (χ0v) is 9.46. The van der Waals surface area contributed by atoms with Crippen LogP contribution in [0.1, 0.15) is 11.1 Å². The molecule has 0 spiro atoms. The second-order valence-electron chi connectivity index (χ2n) is 4.62. The molecule has 0 amide bonds. The van der Waals surface area contributed by atoms with Gasteiger partial charge in [-0.05, 0) is 17.5 Å². The van der Waals surface area contributed by atoms with Crippen molar-refractivity contribution < 1.29 is 9.66 Å². The smallest absolute Gasteiger partial charge is 0.269 e. The van der Waals surface area contributed by atoms with E-state index in [1.165, 1.54) is 5.56 Å². The standard InChI is InChI=1S/C12H14N2O3/c15-14(16)11-2-1-9-3-4-13(6-10(9)5-11)12-7-17-8-12/h1-2,5,12H,3-4,6-8H2. The molecular weight excluding hydrogens is 220 g/mol. The van der Waals surface area contributed by atoms with Gasteiger partial charge in [-0.3, -0.25) is 15.0 Å². The summed E-state index contributed by atoms with van der Waals surface area (Å²) in [5, 5.41) is 10.7. The molecule has 90 valence electrons. The highest BCUT2D eigenvalue weighted by atomic mass is 16.6. The molecule has 2 aliphatic rings. The number of nitro benzene ring substituents is 1. The number of nitrogens with zero attached hydrogens (tertiary/aromatic N) is 2. The first-order chi connectivity index (χ1) is 8.24. The van der Waals surface area contributed by atoms with E-state index in [0.29, 0.717) is 6.04 Å².